The van der Waals surface area contributed by atoms with Crippen molar-refractivity contribution >= 4 is 16.0 Å². The zero-order chi connectivity index (χ0) is 11.1. The van der Waals surface area contributed by atoms with Crippen LogP contribution in [-0.4, -0.2) is 35.5 Å². The van der Waals surface area contributed by atoms with Gasteiger partial charge in [0, 0.05) is 31.3 Å². The van der Waals surface area contributed by atoms with Gasteiger partial charge in [-0.25, -0.2) is 18.4 Å². The molecule has 2 heterocycles. The Morgan fingerprint density at radius 3 is 2.93 bits per heavy atom. The summed E-state index contributed by atoms with van der Waals surface area (Å²) < 4.78 is 24.1. The smallest absolute Gasteiger partial charge is 0.220 e. The average Bonchev–Trinajstić information content (AvgIpc) is 2.15. The van der Waals surface area contributed by atoms with E-state index in [-0.39, 0.29) is 5.95 Å². The van der Waals surface area contributed by atoms with Crippen LogP contribution in [0.1, 0.15) is 11.3 Å². The molecule has 82 valence electrons. The fourth-order valence-electron chi connectivity index (χ4n) is 1.59. The second kappa shape index (κ2) is 3.42. The molecule has 0 saturated heterocycles. The first-order chi connectivity index (χ1) is 6.97. The third-order valence-electron chi connectivity index (χ3n) is 2.39. The summed E-state index contributed by atoms with van der Waals surface area (Å²) in [6.45, 7) is 0.802. The maximum atomic E-state index is 11.3. The molecule has 2 N–H and O–H groups in total. The monoisotopic (exact) mass is 228 g/mol. The molecule has 0 aromatic carbocycles. The summed E-state index contributed by atoms with van der Waals surface area (Å²) in [5.41, 5.74) is 7.13. The third-order valence-corrected chi connectivity index (χ3v) is 3.64. The Kier molecular flexibility index (Phi) is 2.35. The Bertz CT molecular complexity index is 485. The van der Waals surface area contributed by atoms with Gasteiger partial charge in [-0.3, -0.25) is 0 Å². The molecule has 2 rings (SSSR count). The number of rotatable bonds is 1. The maximum Gasteiger partial charge on any atom is 0.220 e. The van der Waals surface area contributed by atoms with Crippen LogP contribution in [0, 0.1) is 0 Å². The highest BCUT2D eigenvalue weighted by Gasteiger charge is 2.24. The van der Waals surface area contributed by atoms with Crippen molar-refractivity contribution in [3.63, 3.8) is 0 Å². The average molecular weight is 228 g/mol. The van der Waals surface area contributed by atoms with E-state index in [9.17, 15) is 8.42 Å². The maximum absolute atomic E-state index is 11.3. The summed E-state index contributed by atoms with van der Waals surface area (Å²) in [4.78, 5) is 7.93. The van der Waals surface area contributed by atoms with Crippen LogP contribution < -0.4 is 5.73 Å². The lowest BCUT2D eigenvalue weighted by atomic mass is 10.1. The van der Waals surface area contributed by atoms with Crippen molar-refractivity contribution in [2.75, 3.05) is 18.5 Å². The summed E-state index contributed by atoms with van der Waals surface area (Å²) in [7, 11) is -3.13. The molecule has 7 heteroatoms. The molecule has 1 aromatic rings. The van der Waals surface area contributed by atoms with Gasteiger partial charge >= 0.3 is 0 Å². The number of fused-ring (bicyclic) bond motifs is 1. The molecule has 0 bridgehead atoms. The topological polar surface area (TPSA) is 89.2 Å². The van der Waals surface area contributed by atoms with Crippen molar-refractivity contribution in [1.82, 2.24) is 14.3 Å². The first kappa shape index (κ1) is 10.3. The lowest BCUT2D eigenvalue weighted by Crippen LogP contribution is -2.35. The Morgan fingerprint density at radius 1 is 1.53 bits per heavy atom. The Hall–Kier alpha value is -1.21. The highest BCUT2D eigenvalue weighted by molar-refractivity contribution is 7.88. The fraction of sp³-hybridized carbons (Fsp3) is 0.500. The van der Waals surface area contributed by atoms with Crippen molar-refractivity contribution < 1.29 is 8.42 Å². The molecule has 1 aliphatic heterocycles. The Balaban J connectivity index is 2.32. The minimum atomic E-state index is -3.13. The molecular formula is C8H12N4O2S. The van der Waals surface area contributed by atoms with Crippen molar-refractivity contribution in [2.24, 2.45) is 0 Å². The van der Waals surface area contributed by atoms with Gasteiger partial charge in [-0.15, -0.1) is 0 Å². The first-order valence-electron chi connectivity index (χ1n) is 4.52. The van der Waals surface area contributed by atoms with Gasteiger partial charge in [0.1, 0.15) is 0 Å². The minimum Gasteiger partial charge on any atom is -0.368 e. The van der Waals surface area contributed by atoms with Gasteiger partial charge in [0.25, 0.3) is 0 Å². The standard InChI is InChI=1S/C8H12N4O2S/c1-15(13,14)12-3-2-7-6(5-12)4-10-8(9)11-7/h4H,2-3,5H2,1H3,(H2,9,10,11). The van der Waals surface area contributed by atoms with E-state index in [1.54, 1.807) is 6.20 Å². The molecule has 0 atom stereocenters. The SMILES string of the molecule is CS(=O)(=O)N1CCc2nc(N)ncc2C1. The van der Waals surface area contributed by atoms with Gasteiger partial charge in [0.2, 0.25) is 16.0 Å². The quantitative estimate of drug-likeness (QED) is 0.691. The predicted octanol–water partition coefficient (Wildman–Crippen LogP) is -0.623. The van der Waals surface area contributed by atoms with Crippen LogP contribution in [0.25, 0.3) is 0 Å². The molecule has 0 radical (unpaired) electrons. The normalized spacial score (nSPS) is 17.4. The zero-order valence-electron chi connectivity index (χ0n) is 8.34. The highest BCUT2D eigenvalue weighted by atomic mass is 32.2. The predicted molar refractivity (Wildman–Crippen MR) is 55.4 cm³/mol. The van der Waals surface area contributed by atoms with Gasteiger partial charge in [-0.1, -0.05) is 0 Å². The summed E-state index contributed by atoms with van der Waals surface area (Å²) in [6.07, 6.45) is 3.39. The van der Waals surface area contributed by atoms with Crippen LogP contribution in [0.4, 0.5) is 5.95 Å². The van der Waals surface area contributed by atoms with E-state index < -0.39 is 10.0 Å². The van der Waals surface area contributed by atoms with E-state index in [0.29, 0.717) is 19.5 Å². The van der Waals surface area contributed by atoms with Crippen LogP contribution in [-0.2, 0) is 23.0 Å². The number of nitrogens with two attached hydrogens (primary N) is 1. The molecule has 6 nitrogen and oxygen atoms in total. The summed E-state index contributed by atoms with van der Waals surface area (Å²) in [5.74, 6) is 0.238. The molecule has 0 amide bonds. The number of sulfonamides is 1. The van der Waals surface area contributed by atoms with E-state index in [1.807, 2.05) is 0 Å². The number of hydrogen-bond acceptors (Lipinski definition) is 5. The van der Waals surface area contributed by atoms with Crippen LogP contribution in [0.3, 0.4) is 0 Å². The molecule has 0 aliphatic carbocycles. The van der Waals surface area contributed by atoms with Crippen LogP contribution in [0.2, 0.25) is 0 Å². The van der Waals surface area contributed by atoms with Gasteiger partial charge in [-0.05, 0) is 0 Å². The van der Waals surface area contributed by atoms with E-state index in [0.717, 1.165) is 11.3 Å². The molecule has 15 heavy (non-hydrogen) atoms. The second-order valence-electron chi connectivity index (χ2n) is 3.55. The van der Waals surface area contributed by atoms with Crippen LogP contribution in [0.15, 0.2) is 6.20 Å². The van der Waals surface area contributed by atoms with Crippen LogP contribution >= 0.6 is 0 Å². The minimum absolute atomic E-state index is 0.238. The lowest BCUT2D eigenvalue weighted by Gasteiger charge is -2.25. The molecule has 0 spiro atoms. The molecule has 0 unspecified atom stereocenters. The van der Waals surface area contributed by atoms with E-state index in [4.69, 9.17) is 5.73 Å². The van der Waals surface area contributed by atoms with Crippen molar-refractivity contribution in [2.45, 2.75) is 13.0 Å². The van der Waals surface area contributed by atoms with Gasteiger partial charge in [0.15, 0.2) is 0 Å². The highest BCUT2D eigenvalue weighted by Crippen LogP contribution is 2.18. The number of aromatic nitrogens is 2. The zero-order valence-corrected chi connectivity index (χ0v) is 9.16. The summed E-state index contributed by atoms with van der Waals surface area (Å²) in [5, 5.41) is 0. The number of hydrogen-bond donors (Lipinski definition) is 1. The van der Waals surface area contributed by atoms with Crippen molar-refractivity contribution in [1.29, 1.82) is 0 Å². The van der Waals surface area contributed by atoms with Crippen molar-refractivity contribution in [3.8, 4) is 0 Å². The fourth-order valence-corrected chi connectivity index (χ4v) is 2.39. The van der Waals surface area contributed by atoms with E-state index in [2.05, 4.69) is 9.97 Å². The van der Waals surface area contributed by atoms with Crippen molar-refractivity contribution in [3.05, 3.63) is 17.5 Å². The van der Waals surface area contributed by atoms with E-state index in [1.165, 1.54) is 10.6 Å². The summed E-state index contributed by atoms with van der Waals surface area (Å²) >= 11 is 0. The second-order valence-corrected chi connectivity index (χ2v) is 5.53. The molecule has 0 fully saturated rings. The number of nitrogen functional groups attached to an aromatic ring is 1. The first-order valence-corrected chi connectivity index (χ1v) is 6.37. The van der Waals surface area contributed by atoms with Gasteiger partial charge in [0.05, 0.1) is 11.9 Å². The van der Waals surface area contributed by atoms with Gasteiger partial charge < -0.3 is 5.73 Å². The molecule has 1 aliphatic rings. The van der Waals surface area contributed by atoms with E-state index >= 15 is 0 Å². The molecule has 0 saturated carbocycles. The Labute approximate surface area is 88.2 Å². The largest absolute Gasteiger partial charge is 0.368 e. The lowest BCUT2D eigenvalue weighted by molar-refractivity contribution is 0.390. The third kappa shape index (κ3) is 2.07. The Morgan fingerprint density at radius 2 is 2.27 bits per heavy atom. The molecule has 1 aromatic heterocycles. The van der Waals surface area contributed by atoms with Gasteiger partial charge in [-0.2, -0.15) is 4.31 Å². The number of nitrogens with zero attached hydrogens (tertiary/aromatic N) is 3. The summed E-state index contributed by atoms with van der Waals surface area (Å²) in [6, 6.07) is 0. The number of anilines is 1. The molecular weight excluding hydrogens is 216 g/mol. The van der Waals surface area contributed by atoms with Crippen LogP contribution in [0.5, 0.6) is 0 Å².